The first kappa shape index (κ1) is 14.5. The zero-order chi connectivity index (χ0) is 15.5. The van der Waals surface area contributed by atoms with E-state index in [1.807, 2.05) is 11.0 Å². The third-order valence-corrected chi connectivity index (χ3v) is 3.62. The molecular weight excluding hydrogens is 302 g/mol. The minimum atomic E-state index is -0.105. The fourth-order valence-corrected chi connectivity index (χ4v) is 2.59. The lowest BCUT2D eigenvalue weighted by atomic mass is 10.2. The molecule has 2 aromatic carbocycles. The van der Waals surface area contributed by atoms with Crippen molar-refractivity contribution in [1.82, 2.24) is 0 Å². The molecule has 0 bridgehead atoms. The van der Waals surface area contributed by atoms with Crippen molar-refractivity contribution in [2.24, 2.45) is 0 Å². The van der Waals surface area contributed by atoms with Gasteiger partial charge >= 0.3 is 0 Å². The lowest BCUT2D eigenvalue weighted by Gasteiger charge is -2.30. The van der Waals surface area contributed by atoms with E-state index in [9.17, 15) is 4.79 Å². The van der Waals surface area contributed by atoms with Crippen LogP contribution in [0.3, 0.4) is 0 Å². The summed E-state index contributed by atoms with van der Waals surface area (Å²) in [5.41, 5.74) is 7.96. The Bertz CT molecular complexity index is 706. The van der Waals surface area contributed by atoms with Crippen LogP contribution in [0, 0.1) is 0 Å². The van der Waals surface area contributed by atoms with Crippen molar-refractivity contribution in [2.45, 2.75) is 0 Å². The third-order valence-electron chi connectivity index (χ3n) is 3.39. The minimum absolute atomic E-state index is 0.105. The topological polar surface area (TPSA) is 67.6 Å². The summed E-state index contributed by atoms with van der Waals surface area (Å²) in [6.45, 7) is 1.42. The number of anilines is 3. The van der Waals surface area contributed by atoms with Gasteiger partial charge in [-0.05, 0) is 30.3 Å². The van der Waals surface area contributed by atoms with Crippen LogP contribution in [0.2, 0.25) is 5.02 Å². The number of hydrogen-bond donors (Lipinski definition) is 2. The maximum atomic E-state index is 12.2. The van der Waals surface area contributed by atoms with Crippen molar-refractivity contribution in [2.75, 3.05) is 35.6 Å². The van der Waals surface area contributed by atoms with Gasteiger partial charge in [-0.1, -0.05) is 17.7 Å². The van der Waals surface area contributed by atoms with Crippen molar-refractivity contribution >= 4 is 34.6 Å². The highest BCUT2D eigenvalue weighted by Gasteiger charge is 2.20. The van der Waals surface area contributed by atoms with Crippen molar-refractivity contribution in [3.8, 4) is 5.75 Å². The van der Waals surface area contributed by atoms with Gasteiger partial charge in [0.1, 0.15) is 12.4 Å². The SMILES string of the molecule is Nc1ccc2c(c1)OCCN2CC(=O)Nc1cccc(Cl)c1. The zero-order valence-electron chi connectivity index (χ0n) is 11.9. The predicted octanol–water partition coefficient (Wildman–Crippen LogP) is 2.76. The lowest BCUT2D eigenvalue weighted by Crippen LogP contribution is -2.38. The highest BCUT2D eigenvalue weighted by molar-refractivity contribution is 6.30. The van der Waals surface area contributed by atoms with Crippen molar-refractivity contribution in [3.63, 3.8) is 0 Å². The fourth-order valence-electron chi connectivity index (χ4n) is 2.40. The molecule has 6 heteroatoms. The summed E-state index contributed by atoms with van der Waals surface area (Å²) < 4.78 is 5.58. The van der Waals surface area contributed by atoms with E-state index in [1.54, 1.807) is 36.4 Å². The van der Waals surface area contributed by atoms with E-state index in [-0.39, 0.29) is 12.5 Å². The lowest BCUT2D eigenvalue weighted by molar-refractivity contribution is -0.115. The molecule has 0 atom stereocenters. The largest absolute Gasteiger partial charge is 0.489 e. The van der Waals surface area contributed by atoms with Gasteiger partial charge in [0.2, 0.25) is 5.91 Å². The maximum absolute atomic E-state index is 12.2. The third kappa shape index (κ3) is 3.26. The molecule has 22 heavy (non-hydrogen) atoms. The van der Waals surface area contributed by atoms with E-state index in [1.165, 1.54) is 0 Å². The molecular formula is C16H16ClN3O2. The van der Waals surface area contributed by atoms with E-state index in [2.05, 4.69) is 5.32 Å². The van der Waals surface area contributed by atoms with Crippen LogP contribution in [0.15, 0.2) is 42.5 Å². The Hall–Kier alpha value is -2.40. The van der Waals surface area contributed by atoms with E-state index >= 15 is 0 Å². The van der Waals surface area contributed by atoms with Gasteiger partial charge in [-0.2, -0.15) is 0 Å². The normalized spacial score (nSPS) is 13.2. The van der Waals surface area contributed by atoms with Crippen LogP contribution < -0.4 is 20.7 Å². The van der Waals surface area contributed by atoms with Crippen LogP contribution in [-0.2, 0) is 4.79 Å². The number of fused-ring (bicyclic) bond motifs is 1. The Morgan fingerprint density at radius 1 is 1.32 bits per heavy atom. The molecule has 0 spiro atoms. The molecule has 1 amide bonds. The van der Waals surface area contributed by atoms with E-state index in [0.29, 0.717) is 35.3 Å². The molecule has 3 rings (SSSR count). The quantitative estimate of drug-likeness (QED) is 0.854. The molecule has 3 N–H and O–H groups in total. The Morgan fingerprint density at radius 2 is 2.18 bits per heavy atom. The molecule has 0 unspecified atom stereocenters. The first-order valence-electron chi connectivity index (χ1n) is 6.94. The number of nitrogens with one attached hydrogen (secondary N) is 1. The summed E-state index contributed by atoms with van der Waals surface area (Å²) in [6, 6.07) is 12.5. The molecule has 1 aliphatic heterocycles. The fraction of sp³-hybridized carbons (Fsp3) is 0.188. The standard InChI is InChI=1S/C16H16ClN3O2/c17-11-2-1-3-13(8-11)19-16(21)10-20-6-7-22-15-9-12(18)4-5-14(15)20/h1-5,8-9H,6-7,10,18H2,(H,19,21). The minimum Gasteiger partial charge on any atom is -0.489 e. The van der Waals surface area contributed by atoms with E-state index in [4.69, 9.17) is 22.1 Å². The van der Waals surface area contributed by atoms with Crippen LogP contribution in [0.1, 0.15) is 0 Å². The molecule has 114 valence electrons. The number of carbonyl (C=O) groups excluding carboxylic acids is 1. The Morgan fingerprint density at radius 3 is 3.00 bits per heavy atom. The van der Waals surface area contributed by atoms with E-state index in [0.717, 1.165) is 5.69 Å². The average molecular weight is 318 g/mol. The van der Waals surface area contributed by atoms with E-state index < -0.39 is 0 Å². The highest BCUT2D eigenvalue weighted by atomic mass is 35.5. The predicted molar refractivity (Wildman–Crippen MR) is 88.6 cm³/mol. The summed E-state index contributed by atoms with van der Waals surface area (Å²) in [7, 11) is 0. The molecule has 0 aromatic heterocycles. The van der Waals surface area contributed by atoms with Crippen LogP contribution in [0.25, 0.3) is 0 Å². The zero-order valence-corrected chi connectivity index (χ0v) is 12.6. The second kappa shape index (κ2) is 6.15. The highest BCUT2D eigenvalue weighted by Crippen LogP contribution is 2.33. The molecule has 0 saturated heterocycles. The van der Waals surface area contributed by atoms with Crippen LogP contribution in [0.5, 0.6) is 5.75 Å². The first-order valence-corrected chi connectivity index (χ1v) is 7.32. The summed E-state index contributed by atoms with van der Waals surface area (Å²) >= 11 is 5.91. The number of nitrogen functional groups attached to an aromatic ring is 1. The van der Waals surface area contributed by atoms with Gasteiger partial charge in [0.05, 0.1) is 18.8 Å². The number of hydrogen-bond acceptors (Lipinski definition) is 4. The van der Waals surface area contributed by atoms with Crippen molar-refractivity contribution in [3.05, 3.63) is 47.5 Å². The van der Waals surface area contributed by atoms with Crippen LogP contribution >= 0.6 is 11.6 Å². The van der Waals surface area contributed by atoms with Gasteiger partial charge < -0.3 is 20.7 Å². The number of halogens is 1. The monoisotopic (exact) mass is 317 g/mol. The molecule has 1 heterocycles. The Kier molecular flexibility index (Phi) is 4.06. The van der Waals surface area contributed by atoms with Gasteiger partial charge in [0.15, 0.2) is 0 Å². The number of rotatable bonds is 3. The number of carbonyl (C=O) groups is 1. The maximum Gasteiger partial charge on any atom is 0.243 e. The number of amides is 1. The van der Waals surface area contributed by atoms with Gasteiger partial charge in [-0.25, -0.2) is 0 Å². The molecule has 0 radical (unpaired) electrons. The van der Waals surface area contributed by atoms with Gasteiger partial charge in [0.25, 0.3) is 0 Å². The summed E-state index contributed by atoms with van der Waals surface area (Å²) in [6.07, 6.45) is 0. The van der Waals surface area contributed by atoms with Gasteiger partial charge in [-0.3, -0.25) is 4.79 Å². The number of benzene rings is 2. The van der Waals surface area contributed by atoms with Crippen molar-refractivity contribution < 1.29 is 9.53 Å². The van der Waals surface area contributed by atoms with Crippen LogP contribution in [0.4, 0.5) is 17.1 Å². The smallest absolute Gasteiger partial charge is 0.243 e. The molecule has 1 aliphatic rings. The second-order valence-corrected chi connectivity index (χ2v) is 5.49. The summed E-state index contributed by atoms with van der Waals surface area (Å²) in [4.78, 5) is 14.2. The molecule has 0 fully saturated rings. The Labute approximate surface area is 133 Å². The summed E-state index contributed by atoms with van der Waals surface area (Å²) in [5, 5.41) is 3.43. The summed E-state index contributed by atoms with van der Waals surface area (Å²) in [5.74, 6) is 0.605. The van der Waals surface area contributed by atoms with Gasteiger partial charge in [0, 0.05) is 22.5 Å². The molecule has 0 saturated carbocycles. The van der Waals surface area contributed by atoms with Gasteiger partial charge in [-0.15, -0.1) is 0 Å². The number of nitrogens with zero attached hydrogens (tertiary/aromatic N) is 1. The first-order chi connectivity index (χ1) is 10.6. The average Bonchev–Trinajstić information content (AvgIpc) is 2.47. The second-order valence-electron chi connectivity index (χ2n) is 5.06. The molecule has 0 aliphatic carbocycles. The van der Waals surface area contributed by atoms with Crippen molar-refractivity contribution in [1.29, 1.82) is 0 Å². The number of nitrogens with two attached hydrogens (primary N) is 1. The number of ether oxygens (including phenoxy) is 1. The Balaban J connectivity index is 1.70. The molecule has 2 aromatic rings. The van der Waals surface area contributed by atoms with Crippen LogP contribution in [-0.4, -0.2) is 25.6 Å². The molecule has 5 nitrogen and oxygen atoms in total.